The summed E-state index contributed by atoms with van der Waals surface area (Å²) in [6, 6.07) is 15.9. The Balaban J connectivity index is 1.23. The lowest BCUT2D eigenvalue weighted by molar-refractivity contribution is 0.0976. The highest BCUT2D eigenvalue weighted by Crippen LogP contribution is 2.30. The lowest BCUT2D eigenvalue weighted by atomic mass is 10.2. The minimum Gasteiger partial charge on any atom is -0.486 e. The van der Waals surface area contributed by atoms with Gasteiger partial charge in [-0.2, -0.15) is 4.98 Å². The summed E-state index contributed by atoms with van der Waals surface area (Å²) in [7, 11) is 0. The Bertz CT molecular complexity index is 1250. The van der Waals surface area contributed by atoms with Gasteiger partial charge in [0.25, 0.3) is 5.91 Å². The van der Waals surface area contributed by atoms with Gasteiger partial charge < -0.3 is 19.2 Å². The standard InChI is InChI=1S/C22H16N4O4S/c27-20(14-5-8-16-18(12-14)29-11-10-28-16)26-22(31)24-15-6-3-13(4-7-15)21-25-19-17(30-21)2-1-9-23-19/h1-9,12H,10-11H2,(H2,24,26,27,31). The minimum atomic E-state index is -0.343. The molecule has 2 aromatic heterocycles. The maximum Gasteiger partial charge on any atom is 0.257 e. The average Bonchev–Trinajstić information content (AvgIpc) is 3.23. The van der Waals surface area contributed by atoms with E-state index in [9.17, 15) is 4.79 Å². The van der Waals surface area contributed by atoms with E-state index in [1.165, 1.54) is 0 Å². The van der Waals surface area contributed by atoms with Crippen LogP contribution in [0.2, 0.25) is 0 Å². The van der Waals surface area contributed by atoms with E-state index < -0.39 is 0 Å². The SMILES string of the molecule is O=C(NC(=S)Nc1ccc(-c2nc3ncccc3o2)cc1)c1ccc2c(c1)OCCO2. The third-order valence-corrected chi connectivity index (χ3v) is 4.79. The Morgan fingerprint density at radius 2 is 1.81 bits per heavy atom. The zero-order chi connectivity index (χ0) is 21.2. The predicted octanol–water partition coefficient (Wildman–Crippen LogP) is 3.79. The molecule has 1 aliphatic rings. The Morgan fingerprint density at radius 3 is 2.61 bits per heavy atom. The van der Waals surface area contributed by atoms with E-state index in [0.29, 0.717) is 53.1 Å². The molecule has 4 aromatic rings. The summed E-state index contributed by atoms with van der Waals surface area (Å²) >= 11 is 5.27. The van der Waals surface area contributed by atoms with Crippen LogP contribution < -0.4 is 20.1 Å². The van der Waals surface area contributed by atoms with Crippen molar-refractivity contribution in [2.24, 2.45) is 0 Å². The molecule has 0 aliphatic carbocycles. The van der Waals surface area contributed by atoms with E-state index in [-0.39, 0.29) is 11.0 Å². The largest absolute Gasteiger partial charge is 0.486 e. The molecule has 0 atom stereocenters. The summed E-state index contributed by atoms with van der Waals surface area (Å²) in [6.07, 6.45) is 1.67. The van der Waals surface area contributed by atoms with Crippen LogP contribution in [0.1, 0.15) is 10.4 Å². The van der Waals surface area contributed by atoms with Crippen molar-refractivity contribution in [3.05, 3.63) is 66.4 Å². The number of amides is 1. The average molecular weight is 432 g/mol. The van der Waals surface area contributed by atoms with Gasteiger partial charge in [-0.1, -0.05) is 0 Å². The van der Waals surface area contributed by atoms with Crippen molar-refractivity contribution >= 4 is 40.2 Å². The van der Waals surface area contributed by atoms with Crippen LogP contribution in [0.3, 0.4) is 0 Å². The normalized spacial score (nSPS) is 12.4. The first kappa shape index (κ1) is 19.0. The van der Waals surface area contributed by atoms with Crippen LogP contribution in [-0.2, 0) is 0 Å². The third kappa shape index (κ3) is 4.03. The second-order valence-corrected chi connectivity index (χ2v) is 7.10. The molecule has 1 amide bonds. The van der Waals surface area contributed by atoms with Crippen LogP contribution in [0.25, 0.3) is 22.7 Å². The zero-order valence-corrected chi connectivity index (χ0v) is 16.9. The Morgan fingerprint density at radius 1 is 1.00 bits per heavy atom. The number of carbonyl (C=O) groups excluding carboxylic acids is 1. The maximum absolute atomic E-state index is 12.5. The smallest absolute Gasteiger partial charge is 0.257 e. The number of benzene rings is 2. The van der Waals surface area contributed by atoms with E-state index >= 15 is 0 Å². The van der Waals surface area contributed by atoms with Crippen molar-refractivity contribution in [1.29, 1.82) is 0 Å². The minimum absolute atomic E-state index is 0.179. The van der Waals surface area contributed by atoms with Crippen molar-refractivity contribution < 1.29 is 18.7 Å². The van der Waals surface area contributed by atoms with Gasteiger partial charge in [-0.15, -0.1) is 0 Å². The first-order valence-corrected chi connectivity index (χ1v) is 9.90. The molecule has 0 radical (unpaired) electrons. The van der Waals surface area contributed by atoms with Crippen LogP contribution in [0.15, 0.2) is 65.2 Å². The molecular weight excluding hydrogens is 416 g/mol. The number of aromatic nitrogens is 2. The van der Waals surface area contributed by atoms with Crippen LogP contribution in [0, 0.1) is 0 Å². The molecule has 2 N–H and O–H groups in total. The molecule has 0 bridgehead atoms. The molecule has 3 heterocycles. The first-order chi connectivity index (χ1) is 15.2. The summed E-state index contributed by atoms with van der Waals surface area (Å²) in [6.45, 7) is 0.947. The Labute approximate surface area is 182 Å². The highest BCUT2D eigenvalue weighted by molar-refractivity contribution is 7.80. The second kappa shape index (κ2) is 8.04. The number of carbonyl (C=O) groups is 1. The van der Waals surface area contributed by atoms with Crippen LogP contribution in [-0.4, -0.2) is 34.2 Å². The van der Waals surface area contributed by atoms with Gasteiger partial charge in [0.15, 0.2) is 27.8 Å². The summed E-state index contributed by atoms with van der Waals surface area (Å²) in [5.74, 6) is 1.31. The number of ether oxygens (including phenoxy) is 2. The summed E-state index contributed by atoms with van der Waals surface area (Å²) in [5.41, 5.74) is 3.12. The highest BCUT2D eigenvalue weighted by Gasteiger charge is 2.16. The number of anilines is 1. The lowest BCUT2D eigenvalue weighted by Gasteiger charge is -2.18. The summed E-state index contributed by atoms with van der Waals surface area (Å²) < 4.78 is 16.7. The van der Waals surface area contributed by atoms with Gasteiger partial charge in [0.1, 0.15) is 13.2 Å². The molecule has 9 heteroatoms. The molecule has 0 spiro atoms. The van der Waals surface area contributed by atoms with E-state index in [2.05, 4.69) is 20.6 Å². The van der Waals surface area contributed by atoms with Gasteiger partial charge >= 0.3 is 0 Å². The van der Waals surface area contributed by atoms with Crippen molar-refractivity contribution in [2.75, 3.05) is 18.5 Å². The molecule has 31 heavy (non-hydrogen) atoms. The number of pyridine rings is 1. The number of hydrogen-bond donors (Lipinski definition) is 2. The summed E-state index contributed by atoms with van der Waals surface area (Å²) in [5, 5.41) is 5.83. The molecular formula is C22H16N4O4S. The Hall–Kier alpha value is -3.98. The second-order valence-electron chi connectivity index (χ2n) is 6.69. The molecule has 0 saturated heterocycles. The van der Waals surface area contributed by atoms with Gasteiger partial charge in [-0.3, -0.25) is 10.1 Å². The number of nitrogens with zero attached hydrogens (tertiary/aromatic N) is 2. The fourth-order valence-electron chi connectivity index (χ4n) is 3.11. The molecule has 5 rings (SSSR count). The van der Waals surface area contributed by atoms with Gasteiger partial charge in [-0.25, -0.2) is 4.98 Å². The predicted molar refractivity (Wildman–Crippen MR) is 118 cm³/mol. The van der Waals surface area contributed by atoms with Crippen molar-refractivity contribution in [2.45, 2.75) is 0 Å². The Kier molecular flexibility index (Phi) is 4.93. The molecule has 154 valence electrons. The molecule has 0 unspecified atom stereocenters. The van der Waals surface area contributed by atoms with E-state index in [1.807, 2.05) is 30.3 Å². The number of oxazole rings is 1. The fraction of sp³-hybridized carbons (Fsp3) is 0.0909. The highest BCUT2D eigenvalue weighted by atomic mass is 32.1. The number of thiocarbonyl (C=S) groups is 1. The topological polar surface area (TPSA) is 98.5 Å². The van der Waals surface area contributed by atoms with E-state index in [0.717, 1.165) is 5.56 Å². The van der Waals surface area contributed by atoms with E-state index in [4.69, 9.17) is 26.1 Å². The molecule has 1 aliphatic heterocycles. The van der Waals surface area contributed by atoms with Gasteiger partial charge in [0.05, 0.1) is 0 Å². The number of hydrogen-bond acceptors (Lipinski definition) is 7. The zero-order valence-electron chi connectivity index (χ0n) is 16.1. The third-order valence-electron chi connectivity index (χ3n) is 4.59. The number of rotatable bonds is 3. The van der Waals surface area contributed by atoms with Crippen molar-refractivity contribution in [1.82, 2.24) is 15.3 Å². The quantitative estimate of drug-likeness (QED) is 0.472. The summed E-state index contributed by atoms with van der Waals surface area (Å²) in [4.78, 5) is 21.0. The van der Waals surface area contributed by atoms with Crippen LogP contribution in [0.4, 0.5) is 5.69 Å². The number of fused-ring (bicyclic) bond motifs is 2. The molecule has 0 saturated carbocycles. The molecule has 0 fully saturated rings. The van der Waals surface area contributed by atoms with E-state index in [1.54, 1.807) is 30.5 Å². The van der Waals surface area contributed by atoms with Crippen molar-refractivity contribution in [3.8, 4) is 23.0 Å². The molecule has 2 aromatic carbocycles. The van der Waals surface area contributed by atoms with Gasteiger partial charge in [0, 0.05) is 23.0 Å². The monoisotopic (exact) mass is 432 g/mol. The first-order valence-electron chi connectivity index (χ1n) is 9.50. The van der Waals surface area contributed by atoms with Gasteiger partial charge in [-0.05, 0) is 66.8 Å². The molecule has 8 nitrogen and oxygen atoms in total. The lowest BCUT2D eigenvalue weighted by Crippen LogP contribution is -2.34. The maximum atomic E-state index is 12.5. The van der Waals surface area contributed by atoms with Crippen LogP contribution >= 0.6 is 12.2 Å². The fourth-order valence-corrected chi connectivity index (χ4v) is 3.32. The van der Waals surface area contributed by atoms with Crippen LogP contribution in [0.5, 0.6) is 11.5 Å². The number of nitrogens with one attached hydrogen (secondary N) is 2. The van der Waals surface area contributed by atoms with Gasteiger partial charge in [0.2, 0.25) is 5.89 Å². The van der Waals surface area contributed by atoms with Crippen molar-refractivity contribution in [3.63, 3.8) is 0 Å².